The van der Waals surface area contributed by atoms with Crippen molar-refractivity contribution in [3.63, 3.8) is 0 Å². The summed E-state index contributed by atoms with van der Waals surface area (Å²) in [6.07, 6.45) is 1.69. The molecular weight excluding hydrogens is 284 g/mol. The number of nitro benzene ring substituents is 1. The highest BCUT2D eigenvalue weighted by Gasteiger charge is 2.24. The molecule has 0 bridgehead atoms. The maximum absolute atomic E-state index is 11.5. The van der Waals surface area contributed by atoms with E-state index in [9.17, 15) is 10.1 Å². The van der Waals surface area contributed by atoms with Gasteiger partial charge >= 0.3 is 5.69 Å². The van der Waals surface area contributed by atoms with Gasteiger partial charge in [0.25, 0.3) is 0 Å². The zero-order valence-electron chi connectivity index (χ0n) is 12.4. The maximum atomic E-state index is 11.5. The van der Waals surface area contributed by atoms with Gasteiger partial charge in [0.15, 0.2) is 5.75 Å². The first-order chi connectivity index (χ1) is 10.6. The molecule has 0 aliphatic heterocycles. The van der Waals surface area contributed by atoms with Crippen molar-refractivity contribution in [2.24, 2.45) is 0 Å². The maximum Gasteiger partial charge on any atom is 0.322 e. The van der Waals surface area contributed by atoms with E-state index in [0.29, 0.717) is 22.0 Å². The summed E-state index contributed by atoms with van der Waals surface area (Å²) in [5.41, 5.74) is 1.63. The molecule has 0 fully saturated rings. The van der Waals surface area contributed by atoms with Gasteiger partial charge in [-0.2, -0.15) is 0 Å². The van der Waals surface area contributed by atoms with Crippen molar-refractivity contribution >= 4 is 27.4 Å². The van der Waals surface area contributed by atoms with Crippen molar-refractivity contribution in [2.45, 2.75) is 6.92 Å². The van der Waals surface area contributed by atoms with E-state index in [1.54, 1.807) is 24.4 Å². The molecule has 2 aromatic carbocycles. The highest BCUT2D eigenvalue weighted by atomic mass is 16.6. The minimum Gasteiger partial charge on any atom is -0.496 e. The van der Waals surface area contributed by atoms with E-state index >= 15 is 0 Å². The molecule has 0 amide bonds. The van der Waals surface area contributed by atoms with Crippen LogP contribution in [0.4, 0.5) is 5.69 Å². The van der Waals surface area contributed by atoms with E-state index < -0.39 is 4.92 Å². The van der Waals surface area contributed by atoms with Crippen LogP contribution in [0.25, 0.3) is 21.7 Å². The number of hydrogen-bond donors (Lipinski definition) is 0. The number of rotatable bonds is 3. The van der Waals surface area contributed by atoms with Crippen molar-refractivity contribution in [1.29, 1.82) is 0 Å². The van der Waals surface area contributed by atoms with Crippen molar-refractivity contribution in [2.75, 3.05) is 14.2 Å². The third-order valence-electron chi connectivity index (χ3n) is 3.75. The standard InChI is InChI=1S/C16H14N2O4/c1-9-6-7-17-15-10-4-5-12(21-2)16(18(19)20)14(10)13(22-3)8-11(9)15/h4-8H,1-3H3. The molecule has 6 nitrogen and oxygen atoms in total. The van der Waals surface area contributed by atoms with Crippen LogP contribution >= 0.6 is 0 Å². The molecule has 3 aromatic rings. The lowest BCUT2D eigenvalue weighted by Crippen LogP contribution is -1.98. The van der Waals surface area contributed by atoms with Gasteiger partial charge in [-0.15, -0.1) is 0 Å². The highest BCUT2D eigenvalue weighted by Crippen LogP contribution is 2.43. The highest BCUT2D eigenvalue weighted by molar-refractivity contribution is 6.13. The molecule has 22 heavy (non-hydrogen) atoms. The lowest BCUT2D eigenvalue weighted by Gasteiger charge is -2.12. The van der Waals surface area contributed by atoms with E-state index in [1.807, 2.05) is 13.0 Å². The average Bonchev–Trinajstić information content (AvgIpc) is 2.53. The molecule has 0 radical (unpaired) electrons. The van der Waals surface area contributed by atoms with Crippen LogP contribution in [-0.2, 0) is 0 Å². The third-order valence-corrected chi connectivity index (χ3v) is 3.75. The molecule has 6 heteroatoms. The minimum atomic E-state index is -0.453. The monoisotopic (exact) mass is 298 g/mol. The zero-order valence-corrected chi connectivity index (χ0v) is 12.4. The molecule has 0 saturated carbocycles. The molecule has 0 saturated heterocycles. The van der Waals surface area contributed by atoms with Gasteiger partial charge in [0.2, 0.25) is 0 Å². The minimum absolute atomic E-state index is 0.109. The topological polar surface area (TPSA) is 74.5 Å². The molecule has 0 atom stereocenters. The Hall–Kier alpha value is -2.89. The summed E-state index contributed by atoms with van der Waals surface area (Å²) in [6, 6.07) is 7.04. The van der Waals surface area contributed by atoms with Gasteiger partial charge in [-0.1, -0.05) is 0 Å². The molecule has 3 rings (SSSR count). The summed E-state index contributed by atoms with van der Waals surface area (Å²) in [5, 5.41) is 13.5. The van der Waals surface area contributed by atoms with Crippen molar-refractivity contribution in [1.82, 2.24) is 4.98 Å². The van der Waals surface area contributed by atoms with Crippen molar-refractivity contribution < 1.29 is 14.4 Å². The summed E-state index contributed by atoms with van der Waals surface area (Å²) < 4.78 is 10.5. The second kappa shape index (κ2) is 5.14. The van der Waals surface area contributed by atoms with Crippen LogP contribution in [0.5, 0.6) is 11.5 Å². The predicted molar refractivity (Wildman–Crippen MR) is 83.7 cm³/mol. The van der Waals surface area contributed by atoms with E-state index in [2.05, 4.69) is 4.98 Å². The number of fused-ring (bicyclic) bond motifs is 3. The third kappa shape index (κ3) is 1.92. The smallest absolute Gasteiger partial charge is 0.322 e. The van der Waals surface area contributed by atoms with Crippen molar-refractivity contribution in [3.05, 3.63) is 46.1 Å². The second-order valence-corrected chi connectivity index (χ2v) is 4.90. The lowest BCUT2D eigenvalue weighted by molar-refractivity contribution is -0.384. The summed E-state index contributed by atoms with van der Waals surface area (Å²) in [6.45, 7) is 1.97. The first-order valence-corrected chi connectivity index (χ1v) is 6.66. The average molecular weight is 298 g/mol. The molecular formula is C16H14N2O4. The van der Waals surface area contributed by atoms with E-state index in [1.165, 1.54) is 14.2 Å². The lowest BCUT2D eigenvalue weighted by atomic mass is 10.0. The number of aryl methyl sites for hydroxylation is 1. The number of methoxy groups -OCH3 is 2. The number of benzene rings is 2. The molecule has 0 unspecified atom stereocenters. The van der Waals surface area contributed by atoms with Gasteiger partial charge < -0.3 is 9.47 Å². The van der Waals surface area contributed by atoms with E-state index in [-0.39, 0.29) is 11.4 Å². The summed E-state index contributed by atoms with van der Waals surface area (Å²) in [5.74, 6) is 0.631. The van der Waals surface area contributed by atoms with Crippen LogP contribution in [0, 0.1) is 17.0 Å². The van der Waals surface area contributed by atoms with Crippen LogP contribution in [0.3, 0.4) is 0 Å². The van der Waals surface area contributed by atoms with Gasteiger partial charge in [0, 0.05) is 17.0 Å². The van der Waals surface area contributed by atoms with Gasteiger partial charge in [-0.05, 0) is 36.8 Å². The Morgan fingerprint density at radius 2 is 1.82 bits per heavy atom. The van der Waals surface area contributed by atoms with Gasteiger partial charge in [-0.3, -0.25) is 15.1 Å². The Bertz CT molecular complexity index is 906. The summed E-state index contributed by atoms with van der Waals surface area (Å²) >= 11 is 0. The van der Waals surface area contributed by atoms with Crippen LogP contribution in [-0.4, -0.2) is 24.1 Å². The van der Waals surface area contributed by atoms with E-state index in [0.717, 1.165) is 10.9 Å². The fourth-order valence-corrected chi connectivity index (χ4v) is 2.70. The Morgan fingerprint density at radius 3 is 2.45 bits per heavy atom. The zero-order chi connectivity index (χ0) is 15.9. The number of pyridine rings is 1. The predicted octanol–water partition coefficient (Wildman–Crippen LogP) is 3.62. The SMILES string of the molecule is COc1ccc2c(c(OC)cc3c(C)ccnc32)c1[N+](=O)[O-]. The Morgan fingerprint density at radius 1 is 1.09 bits per heavy atom. The first kappa shape index (κ1) is 14.1. The number of nitrogens with zero attached hydrogens (tertiary/aromatic N) is 2. The number of hydrogen-bond acceptors (Lipinski definition) is 5. The first-order valence-electron chi connectivity index (χ1n) is 6.66. The molecule has 1 aromatic heterocycles. The van der Waals surface area contributed by atoms with Gasteiger partial charge in [0.05, 0.1) is 24.7 Å². The van der Waals surface area contributed by atoms with Crippen LogP contribution in [0.2, 0.25) is 0 Å². The molecule has 1 heterocycles. The van der Waals surface area contributed by atoms with Crippen LogP contribution < -0.4 is 9.47 Å². The van der Waals surface area contributed by atoms with Crippen molar-refractivity contribution in [3.8, 4) is 11.5 Å². The molecule has 0 spiro atoms. The quantitative estimate of drug-likeness (QED) is 0.419. The Kier molecular flexibility index (Phi) is 3.29. The van der Waals surface area contributed by atoms with Crippen LogP contribution in [0.1, 0.15) is 5.56 Å². The molecule has 0 aliphatic rings. The Balaban J connectivity index is 2.60. The normalized spacial score (nSPS) is 10.9. The Labute approximate surface area is 126 Å². The fourth-order valence-electron chi connectivity index (χ4n) is 2.70. The molecule has 0 N–H and O–H groups in total. The summed E-state index contributed by atoms with van der Waals surface area (Å²) in [7, 11) is 2.90. The molecule has 112 valence electrons. The van der Waals surface area contributed by atoms with E-state index in [4.69, 9.17) is 9.47 Å². The number of nitro groups is 1. The van der Waals surface area contributed by atoms with Gasteiger partial charge in [0.1, 0.15) is 11.1 Å². The second-order valence-electron chi connectivity index (χ2n) is 4.90. The fraction of sp³-hybridized carbons (Fsp3) is 0.188. The van der Waals surface area contributed by atoms with Crippen LogP contribution in [0.15, 0.2) is 30.5 Å². The largest absolute Gasteiger partial charge is 0.496 e. The number of aromatic nitrogens is 1. The molecule has 0 aliphatic carbocycles. The number of ether oxygens (including phenoxy) is 2. The summed E-state index contributed by atoms with van der Waals surface area (Å²) in [4.78, 5) is 15.4. The van der Waals surface area contributed by atoms with Gasteiger partial charge in [-0.25, -0.2) is 0 Å².